The highest BCUT2D eigenvalue weighted by Gasteiger charge is 2.07. The van der Waals surface area contributed by atoms with Gasteiger partial charge in [-0.2, -0.15) is 0 Å². The average molecular weight is 528 g/mol. The molecular weight excluding hydrogens is 499 g/mol. The molecule has 1 amide bonds. The maximum Gasteiger partial charge on any atom is 0.221 e. The minimum absolute atomic E-state index is 0. The van der Waals surface area contributed by atoms with Gasteiger partial charge in [0, 0.05) is 32.0 Å². The van der Waals surface area contributed by atoms with E-state index in [9.17, 15) is 4.79 Å². The maximum atomic E-state index is 11.4. The van der Waals surface area contributed by atoms with E-state index in [0.29, 0.717) is 30.5 Å². The molecule has 2 rings (SSSR count). The molecule has 2 aromatic carbocycles. The van der Waals surface area contributed by atoms with Crippen molar-refractivity contribution in [3.8, 4) is 5.75 Å². The van der Waals surface area contributed by atoms with Gasteiger partial charge in [0.1, 0.15) is 5.75 Å². The minimum atomic E-state index is -0.136. The van der Waals surface area contributed by atoms with Crippen molar-refractivity contribution >= 4 is 53.3 Å². The number of amides is 1. The summed E-state index contributed by atoms with van der Waals surface area (Å²) in [6.45, 7) is 4.83. The zero-order valence-electron chi connectivity index (χ0n) is 17.5. The highest BCUT2D eigenvalue weighted by molar-refractivity contribution is 14.0. The van der Waals surface area contributed by atoms with Crippen LogP contribution >= 0.6 is 35.7 Å². The van der Waals surface area contributed by atoms with E-state index in [1.54, 1.807) is 25.9 Å². The molecule has 0 aliphatic heterocycles. The average Bonchev–Trinajstić information content (AvgIpc) is 2.68. The van der Waals surface area contributed by atoms with Crippen LogP contribution in [0.1, 0.15) is 23.6 Å². The van der Waals surface area contributed by atoms with Crippen LogP contribution in [0.5, 0.6) is 5.75 Å². The number of rotatable bonds is 7. The quantitative estimate of drug-likeness (QED) is 0.218. The molecule has 0 fully saturated rings. The van der Waals surface area contributed by atoms with Crippen LogP contribution in [0.25, 0.3) is 0 Å². The molecule has 3 N–H and O–H groups in total. The molecule has 158 valence electrons. The zero-order chi connectivity index (χ0) is 20.5. The molecular formula is C21H29IN4O2S. The first-order valence-corrected chi connectivity index (χ1v) is 10.2. The molecule has 0 saturated carbocycles. The Labute approximate surface area is 194 Å². The standard InChI is InChI=1S/C21H28N4O2S.HI/c1-14-6-8-17(20(10-14)28-5)13-24-21(22-3)23-12-16-7-9-19(27-4)18(11-16)25-15(2)26;/h6-11H,12-13H2,1-5H3,(H,25,26)(H2,22,23,24);1H. The lowest BCUT2D eigenvalue weighted by molar-refractivity contribution is -0.114. The number of halogens is 1. The van der Waals surface area contributed by atoms with Gasteiger partial charge in [-0.05, 0) is 48.1 Å². The van der Waals surface area contributed by atoms with Gasteiger partial charge in [-0.15, -0.1) is 35.7 Å². The van der Waals surface area contributed by atoms with Crippen LogP contribution in [0.4, 0.5) is 5.69 Å². The fraction of sp³-hybridized carbons (Fsp3) is 0.333. The molecule has 0 heterocycles. The normalized spacial score (nSPS) is 10.7. The second-order valence-electron chi connectivity index (χ2n) is 6.31. The molecule has 0 saturated heterocycles. The number of anilines is 1. The Morgan fingerprint density at radius 2 is 1.86 bits per heavy atom. The van der Waals surface area contributed by atoms with Crippen molar-refractivity contribution in [3.63, 3.8) is 0 Å². The fourth-order valence-corrected chi connectivity index (χ4v) is 3.44. The van der Waals surface area contributed by atoms with Gasteiger partial charge >= 0.3 is 0 Å². The van der Waals surface area contributed by atoms with Crippen molar-refractivity contribution in [3.05, 3.63) is 53.1 Å². The first kappa shape index (κ1) is 25.1. The Kier molecular flexibility index (Phi) is 10.9. The Balaban J connectivity index is 0.00000420. The third kappa shape index (κ3) is 7.77. The first-order chi connectivity index (χ1) is 13.5. The molecule has 0 aromatic heterocycles. The summed E-state index contributed by atoms with van der Waals surface area (Å²) in [5.74, 6) is 1.21. The summed E-state index contributed by atoms with van der Waals surface area (Å²) in [6, 6.07) is 12.1. The van der Waals surface area contributed by atoms with Gasteiger partial charge in [0.05, 0.1) is 12.8 Å². The van der Waals surface area contributed by atoms with E-state index in [1.807, 2.05) is 18.2 Å². The number of hydrogen-bond donors (Lipinski definition) is 3. The summed E-state index contributed by atoms with van der Waals surface area (Å²) in [5.41, 5.74) is 4.15. The lowest BCUT2D eigenvalue weighted by Gasteiger charge is -2.15. The van der Waals surface area contributed by atoms with E-state index in [0.717, 1.165) is 5.56 Å². The van der Waals surface area contributed by atoms with Crippen LogP contribution in [0.15, 0.2) is 46.3 Å². The topological polar surface area (TPSA) is 74.8 Å². The van der Waals surface area contributed by atoms with E-state index >= 15 is 0 Å². The Morgan fingerprint density at radius 1 is 1.14 bits per heavy atom. The van der Waals surface area contributed by atoms with Gasteiger partial charge in [0.15, 0.2) is 5.96 Å². The van der Waals surface area contributed by atoms with E-state index < -0.39 is 0 Å². The van der Waals surface area contributed by atoms with Crippen molar-refractivity contribution in [1.29, 1.82) is 0 Å². The largest absolute Gasteiger partial charge is 0.495 e. The van der Waals surface area contributed by atoms with Gasteiger partial charge in [0.2, 0.25) is 5.91 Å². The highest BCUT2D eigenvalue weighted by atomic mass is 127. The van der Waals surface area contributed by atoms with Crippen LogP contribution in [-0.2, 0) is 17.9 Å². The lowest BCUT2D eigenvalue weighted by Crippen LogP contribution is -2.36. The van der Waals surface area contributed by atoms with Gasteiger partial charge in [-0.3, -0.25) is 9.79 Å². The van der Waals surface area contributed by atoms with Gasteiger partial charge in [0.25, 0.3) is 0 Å². The molecule has 8 heteroatoms. The monoisotopic (exact) mass is 528 g/mol. The molecule has 0 aliphatic rings. The predicted octanol–water partition coefficient (Wildman–Crippen LogP) is 4.17. The molecule has 0 bridgehead atoms. The summed E-state index contributed by atoms with van der Waals surface area (Å²) >= 11 is 1.74. The second kappa shape index (κ2) is 12.6. The molecule has 29 heavy (non-hydrogen) atoms. The third-order valence-corrected chi connectivity index (χ3v) is 4.97. The molecule has 6 nitrogen and oxygen atoms in total. The van der Waals surface area contributed by atoms with E-state index in [1.165, 1.54) is 22.9 Å². The molecule has 2 aromatic rings. The predicted molar refractivity (Wildman–Crippen MR) is 133 cm³/mol. The number of methoxy groups -OCH3 is 1. The number of carbonyl (C=O) groups is 1. The number of nitrogens with one attached hydrogen (secondary N) is 3. The number of guanidine groups is 1. The smallest absolute Gasteiger partial charge is 0.221 e. The van der Waals surface area contributed by atoms with Crippen molar-refractivity contribution in [2.24, 2.45) is 4.99 Å². The number of benzene rings is 2. The van der Waals surface area contributed by atoms with Gasteiger partial charge < -0.3 is 20.7 Å². The Morgan fingerprint density at radius 3 is 2.48 bits per heavy atom. The lowest BCUT2D eigenvalue weighted by atomic mass is 10.1. The number of ether oxygens (including phenoxy) is 1. The van der Waals surface area contributed by atoms with Crippen molar-refractivity contribution in [2.45, 2.75) is 31.8 Å². The minimum Gasteiger partial charge on any atom is -0.495 e. The number of aryl methyl sites for hydroxylation is 1. The third-order valence-electron chi connectivity index (χ3n) is 4.15. The van der Waals surface area contributed by atoms with Crippen LogP contribution in [0.3, 0.4) is 0 Å². The molecule has 0 radical (unpaired) electrons. The van der Waals surface area contributed by atoms with Crippen molar-refractivity contribution in [2.75, 3.05) is 25.7 Å². The number of hydrogen-bond acceptors (Lipinski definition) is 4. The van der Waals surface area contributed by atoms with Crippen LogP contribution < -0.4 is 20.7 Å². The summed E-state index contributed by atoms with van der Waals surface area (Å²) in [6.07, 6.45) is 2.09. The number of carbonyl (C=O) groups excluding carboxylic acids is 1. The van der Waals surface area contributed by atoms with Crippen LogP contribution in [0.2, 0.25) is 0 Å². The second-order valence-corrected chi connectivity index (χ2v) is 7.16. The van der Waals surface area contributed by atoms with Crippen molar-refractivity contribution in [1.82, 2.24) is 10.6 Å². The number of thioether (sulfide) groups is 1. The van der Waals surface area contributed by atoms with E-state index in [4.69, 9.17) is 4.74 Å². The van der Waals surface area contributed by atoms with Gasteiger partial charge in [-0.1, -0.05) is 18.2 Å². The molecule has 0 spiro atoms. The summed E-state index contributed by atoms with van der Waals surface area (Å²) in [7, 11) is 3.33. The summed E-state index contributed by atoms with van der Waals surface area (Å²) in [4.78, 5) is 16.9. The van der Waals surface area contributed by atoms with E-state index in [-0.39, 0.29) is 29.9 Å². The molecule has 0 aliphatic carbocycles. The Hall–Kier alpha value is -1.94. The molecule has 0 atom stereocenters. The number of nitrogens with zero attached hydrogens (tertiary/aromatic N) is 1. The van der Waals surface area contributed by atoms with E-state index in [2.05, 4.69) is 52.3 Å². The Bertz CT molecular complexity index is 859. The van der Waals surface area contributed by atoms with Gasteiger partial charge in [-0.25, -0.2) is 0 Å². The number of aliphatic imine (C=N–C) groups is 1. The first-order valence-electron chi connectivity index (χ1n) is 8.99. The summed E-state index contributed by atoms with van der Waals surface area (Å²) in [5, 5.41) is 9.44. The van der Waals surface area contributed by atoms with Crippen LogP contribution in [-0.4, -0.2) is 32.3 Å². The highest BCUT2D eigenvalue weighted by Crippen LogP contribution is 2.25. The van der Waals surface area contributed by atoms with Crippen molar-refractivity contribution < 1.29 is 9.53 Å². The van der Waals surface area contributed by atoms with Crippen LogP contribution in [0, 0.1) is 6.92 Å². The fourth-order valence-electron chi connectivity index (χ4n) is 2.74. The SMILES string of the molecule is CN=C(NCc1ccc(OC)c(NC(C)=O)c1)NCc1ccc(C)cc1SC.I. The zero-order valence-corrected chi connectivity index (χ0v) is 20.6. The maximum absolute atomic E-state index is 11.4. The molecule has 0 unspecified atom stereocenters. The summed E-state index contributed by atoms with van der Waals surface area (Å²) < 4.78 is 5.29.